The van der Waals surface area contributed by atoms with Crippen molar-refractivity contribution in [2.45, 2.75) is 46.6 Å². The first kappa shape index (κ1) is 19.9. The Morgan fingerprint density at radius 2 is 1.69 bits per heavy atom. The van der Waals surface area contributed by atoms with Crippen molar-refractivity contribution in [1.29, 1.82) is 0 Å². The number of aliphatic imine (C=N–C) groups is 1. The lowest BCUT2D eigenvalue weighted by Crippen LogP contribution is -2.36. The van der Waals surface area contributed by atoms with Crippen molar-refractivity contribution in [1.82, 2.24) is 10.6 Å². The molecule has 0 aromatic heterocycles. The van der Waals surface area contributed by atoms with E-state index in [1.54, 1.807) is 20.0 Å². The smallest absolute Gasteiger partial charge is 0.191 e. The minimum absolute atomic E-state index is 0.183. The predicted octanol–water partition coefficient (Wildman–Crippen LogP) is 3.92. The zero-order valence-electron chi connectivity index (χ0n) is 16.0. The molecule has 0 heterocycles. The van der Waals surface area contributed by atoms with Crippen LogP contribution in [0.15, 0.2) is 47.5 Å². The van der Waals surface area contributed by atoms with Crippen LogP contribution in [-0.4, -0.2) is 19.1 Å². The van der Waals surface area contributed by atoms with Crippen molar-refractivity contribution in [2.75, 3.05) is 7.05 Å². The topological polar surface area (TPSA) is 45.7 Å². The summed E-state index contributed by atoms with van der Waals surface area (Å²) >= 11 is 0. The molecule has 2 aromatic carbocycles. The summed E-state index contributed by atoms with van der Waals surface area (Å²) in [5, 5.41) is 6.55. The van der Waals surface area contributed by atoms with E-state index in [2.05, 4.69) is 33.8 Å². The van der Waals surface area contributed by atoms with Crippen molar-refractivity contribution in [3.63, 3.8) is 0 Å². The van der Waals surface area contributed by atoms with E-state index in [9.17, 15) is 4.39 Å². The maximum atomic E-state index is 13.3. The quantitative estimate of drug-likeness (QED) is 0.583. The van der Waals surface area contributed by atoms with Gasteiger partial charge in [0.15, 0.2) is 5.96 Å². The summed E-state index contributed by atoms with van der Waals surface area (Å²) in [7, 11) is 1.73. The van der Waals surface area contributed by atoms with Crippen LogP contribution in [0, 0.1) is 12.7 Å². The Kier molecular flexibility index (Phi) is 7.60. The summed E-state index contributed by atoms with van der Waals surface area (Å²) in [4.78, 5) is 4.24. The fourth-order valence-corrected chi connectivity index (χ4v) is 2.50. The summed E-state index contributed by atoms with van der Waals surface area (Å²) in [6, 6.07) is 13.4. The summed E-state index contributed by atoms with van der Waals surface area (Å²) in [5.74, 6) is 0.522. The van der Waals surface area contributed by atoms with Crippen LogP contribution in [0.5, 0.6) is 0 Å². The molecule has 140 valence electrons. The maximum Gasteiger partial charge on any atom is 0.191 e. The Hall–Kier alpha value is -2.40. The molecule has 0 aliphatic heterocycles. The Morgan fingerprint density at radius 1 is 1.04 bits per heavy atom. The second-order valence-electron chi connectivity index (χ2n) is 6.54. The lowest BCUT2D eigenvalue weighted by molar-refractivity contribution is 0.0657. The first-order valence-electron chi connectivity index (χ1n) is 8.87. The van der Waals surface area contributed by atoms with Crippen molar-refractivity contribution in [3.8, 4) is 0 Å². The van der Waals surface area contributed by atoms with Crippen molar-refractivity contribution < 1.29 is 9.13 Å². The predicted molar refractivity (Wildman–Crippen MR) is 105 cm³/mol. The molecular formula is C21H28FN3O. The third kappa shape index (κ3) is 6.48. The van der Waals surface area contributed by atoms with Gasteiger partial charge in [0.2, 0.25) is 0 Å². The fraction of sp³-hybridized carbons (Fsp3) is 0.381. The van der Waals surface area contributed by atoms with E-state index in [4.69, 9.17) is 4.74 Å². The van der Waals surface area contributed by atoms with Crippen molar-refractivity contribution in [3.05, 3.63) is 70.5 Å². The van der Waals surface area contributed by atoms with E-state index >= 15 is 0 Å². The van der Waals surface area contributed by atoms with Crippen LogP contribution in [0.2, 0.25) is 0 Å². The average Bonchev–Trinajstić information content (AvgIpc) is 2.63. The summed E-state index contributed by atoms with van der Waals surface area (Å²) in [5.41, 5.74) is 3.98. The molecule has 0 atom stereocenters. The third-order valence-corrected chi connectivity index (χ3v) is 3.94. The van der Waals surface area contributed by atoms with Gasteiger partial charge in [-0.05, 0) is 49.1 Å². The molecule has 0 amide bonds. The van der Waals surface area contributed by atoms with Gasteiger partial charge in [-0.1, -0.05) is 36.4 Å². The lowest BCUT2D eigenvalue weighted by atomic mass is 10.1. The Balaban J connectivity index is 1.86. The number of nitrogens with zero attached hydrogens (tertiary/aromatic N) is 1. The Labute approximate surface area is 155 Å². The van der Waals surface area contributed by atoms with Crippen LogP contribution in [0.3, 0.4) is 0 Å². The molecule has 0 fully saturated rings. The van der Waals surface area contributed by atoms with E-state index in [0.717, 1.165) is 16.7 Å². The lowest BCUT2D eigenvalue weighted by Gasteiger charge is -2.13. The molecule has 0 unspecified atom stereocenters. The molecule has 0 saturated heterocycles. The van der Waals surface area contributed by atoms with E-state index in [0.29, 0.717) is 31.2 Å². The minimum Gasteiger partial charge on any atom is -0.374 e. The number of ether oxygens (including phenoxy) is 1. The average molecular weight is 357 g/mol. The summed E-state index contributed by atoms with van der Waals surface area (Å²) in [6.07, 6.45) is 0.218. The number of nitrogens with one attached hydrogen (secondary N) is 2. The van der Waals surface area contributed by atoms with E-state index in [-0.39, 0.29) is 11.9 Å². The van der Waals surface area contributed by atoms with Gasteiger partial charge in [-0.15, -0.1) is 0 Å². The molecule has 2 N–H and O–H groups in total. The van der Waals surface area contributed by atoms with Gasteiger partial charge in [0, 0.05) is 20.1 Å². The molecule has 0 bridgehead atoms. The molecule has 2 aromatic rings. The highest BCUT2D eigenvalue weighted by molar-refractivity contribution is 5.79. The van der Waals surface area contributed by atoms with E-state index < -0.39 is 0 Å². The van der Waals surface area contributed by atoms with Gasteiger partial charge in [0.25, 0.3) is 0 Å². The van der Waals surface area contributed by atoms with Gasteiger partial charge < -0.3 is 15.4 Å². The maximum absolute atomic E-state index is 13.3. The number of rotatable bonds is 7. The first-order chi connectivity index (χ1) is 12.5. The molecule has 0 saturated carbocycles. The highest BCUT2D eigenvalue weighted by Crippen LogP contribution is 2.09. The third-order valence-electron chi connectivity index (χ3n) is 3.94. The highest BCUT2D eigenvalue weighted by atomic mass is 19.1. The van der Waals surface area contributed by atoms with Crippen LogP contribution < -0.4 is 10.6 Å². The van der Waals surface area contributed by atoms with Gasteiger partial charge in [0.1, 0.15) is 5.82 Å². The number of aryl methyl sites for hydroxylation is 1. The second-order valence-corrected chi connectivity index (χ2v) is 6.54. The zero-order valence-corrected chi connectivity index (χ0v) is 16.0. The standard InChI is InChI=1S/C21H28FN3O/c1-15(2)26-14-19-7-5-6-17(11-19)12-24-21(23-4)25-13-18-8-9-20(22)16(3)10-18/h5-11,15H,12-14H2,1-4H3,(H2,23,24,25). The van der Waals surface area contributed by atoms with Gasteiger partial charge in [0.05, 0.1) is 12.7 Å². The summed E-state index contributed by atoms with van der Waals surface area (Å²) in [6.45, 7) is 7.69. The molecule has 0 radical (unpaired) electrons. The van der Waals surface area contributed by atoms with Crippen LogP contribution >= 0.6 is 0 Å². The number of benzene rings is 2. The van der Waals surface area contributed by atoms with Crippen LogP contribution in [0.4, 0.5) is 4.39 Å². The van der Waals surface area contributed by atoms with E-state index in [1.165, 1.54) is 6.07 Å². The summed E-state index contributed by atoms with van der Waals surface area (Å²) < 4.78 is 19.0. The molecule has 0 aliphatic carbocycles. The van der Waals surface area contributed by atoms with Crippen LogP contribution in [0.1, 0.15) is 36.1 Å². The monoisotopic (exact) mass is 357 g/mol. The minimum atomic E-state index is -0.183. The van der Waals surface area contributed by atoms with Crippen molar-refractivity contribution in [2.24, 2.45) is 4.99 Å². The Bertz CT molecular complexity index is 744. The van der Waals surface area contributed by atoms with Crippen LogP contribution in [-0.2, 0) is 24.4 Å². The number of guanidine groups is 1. The molecule has 5 heteroatoms. The van der Waals surface area contributed by atoms with Crippen LogP contribution in [0.25, 0.3) is 0 Å². The molecular weight excluding hydrogens is 329 g/mol. The number of hydrogen-bond acceptors (Lipinski definition) is 2. The number of hydrogen-bond donors (Lipinski definition) is 2. The fourth-order valence-electron chi connectivity index (χ4n) is 2.50. The Morgan fingerprint density at radius 3 is 2.31 bits per heavy atom. The molecule has 4 nitrogen and oxygen atoms in total. The molecule has 26 heavy (non-hydrogen) atoms. The van der Waals surface area contributed by atoms with Gasteiger partial charge in [-0.2, -0.15) is 0 Å². The van der Waals surface area contributed by atoms with Gasteiger partial charge in [-0.3, -0.25) is 4.99 Å². The highest BCUT2D eigenvalue weighted by Gasteiger charge is 2.03. The van der Waals surface area contributed by atoms with E-state index in [1.807, 2.05) is 26.0 Å². The molecule has 0 aliphatic rings. The van der Waals surface area contributed by atoms with Gasteiger partial charge >= 0.3 is 0 Å². The zero-order chi connectivity index (χ0) is 18.9. The molecule has 2 rings (SSSR count). The first-order valence-corrected chi connectivity index (χ1v) is 8.87. The molecule has 0 spiro atoms. The number of halogens is 1. The normalized spacial score (nSPS) is 11.7. The van der Waals surface area contributed by atoms with Crippen molar-refractivity contribution >= 4 is 5.96 Å². The SMILES string of the molecule is CN=C(NCc1cccc(COC(C)C)c1)NCc1ccc(F)c(C)c1. The second kappa shape index (κ2) is 9.92. The van der Waals surface area contributed by atoms with Gasteiger partial charge in [-0.25, -0.2) is 4.39 Å². The largest absolute Gasteiger partial charge is 0.374 e.